The number of thioether (sulfide) groups is 1. The number of anilines is 1. The van der Waals surface area contributed by atoms with Gasteiger partial charge >= 0.3 is 5.97 Å². The Hall–Kier alpha value is -3.06. The van der Waals surface area contributed by atoms with Crippen LogP contribution in [0, 0.1) is 6.92 Å². The maximum atomic E-state index is 12.5. The summed E-state index contributed by atoms with van der Waals surface area (Å²) >= 11 is 1.45. The summed E-state index contributed by atoms with van der Waals surface area (Å²) in [7, 11) is 1.65. The number of hydrogen-bond donors (Lipinski definition) is 0. The van der Waals surface area contributed by atoms with Gasteiger partial charge in [-0.15, -0.1) is 11.8 Å². The van der Waals surface area contributed by atoms with Gasteiger partial charge in [0.2, 0.25) is 0 Å². The van der Waals surface area contributed by atoms with E-state index in [1.807, 2.05) is 55.5 Å². The first kappa shape index (κ1) is 19.7. The smallest absolute Gasteiger partial charge is 0.339 e. The van der Waals surface area contributed by atoms with Crippen molar-refractivity contribution in [1.29, 1.82) is 0 Å². The van der Waals surface area contributed by atoms with Crippen molar-refractivity contribution in [2.24, 2.45) is 0 Å². The van der Waals surface area contributed by atoms with Crippen molar-refractivity contribution in [3.63, 3.8) is 0 Å². The summed E-state index contributed by atoms with van der Waals surface area (Å²) in [5.74, 6) is 0.430. The van der Waals surface area contributed by atoms with Crippen molar-refractivity contribution in [3.8, 4) is 0 Å². The van der Waals surface area contributed by atoms with Gasteiger partial charge in [0.25, 0.3) is 5.91 Å². The summed E-state index contributed by atoms with van der Waals surface area (Å²) in [4.78, 5) is 27.0. The number of carbonyl (C=O) groups is 2. The molecule has 0 spiro atoms. The van der Waals surface area contributed by atoms with Crippen LogP contribution in [-0.4, -0.2) is 30.7 Å². The summed E-state index contributed by atoms with van der Waals surface area (Å²) in [6, 6.07) is 18.2. The fourth-order valence-corrected chi connectivity index (χ4v) is 3.41. The number of aromatic nitrogens is 1. The number of para-hydroxylation sites is 1. The standard InChI is InChI=1S/C21H20N2O4S/c1-15-12-17(27-22-15)14-28-19-11-7-6-10-18(19)21(25)26-13-20(24)23(2)16-8-4-3-5-9-16/h3-12H,13-14H2,1-2H3. The lowest BCUT2D eigenvalue weighted by Gasteiger charge is -2.17. The van der Waals surface area contributed by atoms with E-state index >= 15 is 0 Å². The predicted molar refractivity (Wildman–Crippen MR) is 107 cm³/mol. The number of rotatable bonds is 7. The lowest BCUT2D eigenvalue weighted by molar-refractivity contribution is -0.121. The van der Waals surface area contributed by atoms with Gasteiger partial charge in [-0.3, -0.25) is 4.79 Å². The average Bonchev–Trinajstić information content (AvgIpc) is 3.15. The van der Waals surface area contributed by atoms with Gasteiger partial charge in [-0.2, -0.15) is 0 Å². The van der Waals surface area contributed by atoms with E-state index in [0.717, 1.165) is 22.0 Å². The third-order valence-corrected chi connectivity index (χ3v) is 5.09. The van der Waals surface area contributed by atoms with Crippen LogP contribution in [0.5, 0.6) is 0 Å². The first-order chi connectivity index (χ1) is 13.5. The van der Waals surface area contributed by atoms with E-state index in [1.54, 1.807) is 19.2 Å². The van der Waals surface area contributed by atoms with E-state index < -0.39 is 5.97 Å². The minimum Gasteiger partial charge on any atom is -0.452 e. The highest BCUT2D eigenvalue weighted by atomic mass is 32.2. The summed E-state index contributed by atoms with van der Waals surface area (Å²) in [6.45, 7) is 1.52. The topological polar surface area (TPSA) is 72.6 Å². The number of amides is 1. The normalized spacial score (nSPS) is 10.5. The molecule has 0 aliphatic heterocycles. The zero-order valence-electron chi connectivity index (χ0n) is 15.6. The van der Waals surface area contributed by atoms with Crippen molar-refractivity contribution in [3.05, 3.63) is 77.7 Å². The molecular formula is C21H20N2O4S. The summed E-state index contributed by atoms with van der Waals surface area (Å²) in [5.41, 5.74) is 1.96. The molecule has 0 unspecified atom stereocenters. The number of likely N-dealkylation sites (N-methyl/N-ethyl adjacent to an activating group) is 1. The molecule has 0 saturated carbocycles. The molecule has 0 bridgehead atoms. The monoisotopic (exact) mass is 396 g/mol. The summed E-state index contributed by atoms with van der Waals surface area (Å²) in [6.07, 6.45) is 0. The van der Waals surface area contributed by atoms with E-state index in [0.29, 0.717) is 11.3 Å². The van der Waals surface area contributed by atoms with Crippen molar-refractivity contribution in [2.75, 3.05) is 18.6 Å². The summed E-state index contributed by atoms with van der Waals surface area (Å²) in [5, 5.41) is 3.85. The Bertz CT molecular complexity index is 956. The number of aryl methyl sites for hydroxylation is 1. The number of carbonyl (C=O) groups excluding carboxylic acids is 2. The van der Waals surface area contributed by atoms with Gasteiger partial charge in [0.05, 0.1) is 17.0 Å². The highest BCUT2D eigenvalue weighted by molar-refractivity contribution is 7.98. The Morgan fingerprint density at radius 3 is 2.54 bits per heavy atom. The molecular weight excluding hydrogens is 376 g/mol. The first-order valence-electron chi connectivity index (χ1n) is 8.67. The Balaban J connectivity index is 1.60. The highest BCUT2D eigenvalue weighted by Crippen LogP contribution is 2.27. The molecule has 6 nitrogen and oxygen atoms in total. The molecule has 0 atom stereocenters. The number of benzene rings is 2. The fraction of sp³-hybridized carbons (Fsp3) is 0.190. The number of esters is 1. The van der Waals surface area contributed by atoms with E-state index in [4.69, 9.17) is 9.26 Å². The molecule has 28 heavy (non-hydrogen) atoms. The van der Waals surface area contributed by atoms with Crippen LogP contribution in [-0.2, 0) is 15.3 Å². The van der Waals surface area contributed by atoms with E-state index in [-0.39, 0.29) is 12.5 Å². The molecule has 2 aromatic carbocycles. The Kier molecular flexibility index (Phi) is 6.49. The number of hydrogen-bond acceptors (Lipinski definition) is 6. The number of ether oxygens (including phenoxy) is 1. The van der Waals surface area contributed by atoms with Gasteiger partial charge in [0.15, 0.2) is 6.61 Å². The zero-order valence-corrected chi connectivity index (χ0v) is 16.4. The molecule has 144 valence electrons. The van der Waals surface area contributed by atoms with Crippen LogP contribution in [0.3, 0.4) is 0 Å². The van der Waals surface area contributed by atoms with Crippen LogP contribution in [0.25, 0.3) is 0 Å². The van der Waals surface area contributed by atoms with Gasteiger partial charge in [-0.05, 0) is 31.2 Å². The average molecular weight is 396 g/mol. The highest BCUT2D eigenvalue weighted by Gasteiger charge is 2.17. The van der Waals surface area contributed by atoms with Gasteiger partial charge < -0.3 is 14.2 Å². The minimum absolute atomic E-state index is 0.304. The Morgan fingerprint density at radius 1 is 1.11 bits per heavy atom. The van der Waals surface area contributed by atoms with Crippen LogP contribution < -0.4 is 4.90 Å². The van der Waals surface area contributed by atoms with Crippen molar-refractivity contribution >= 4 is 29.3 Å². The quantitative estimate of drug-likeness (QED) is 0.442. The molecule has 7 heteroatoms. The molecule has 0 saturated heterocycles. The second kappa shape index (κ2) is 9.23. The molecule has 1 amide bonds. The molecule has 3 rings (SSSR count). The minimum atomic E-state index is -0.535. The molecule has 1 aromatic heterocycles. The van der Waals surface area contributed by atoms with Crippen molar-refractivity contribution in [1.82, 2.24) is 5.16 Å². The van der Waals surface area contributed by atoms with E-state index in [2.05, 4.69) is 5.16 Å². The maximum absolute atomic E-state index is 12.5. The predicted octanol–water partition coefficient (Wildman–Crippen LogP) is 4.10. The van der Waals surface area contributed by atoms with Gasteiger partial charge in [0.1, 0.15) is 5.76 Å². The Labute approximate surface area is 167 Å². The molecule has 0 fully saturated rings. The lowest BCUT2D eigenvalue weighted by atomic mass is 10.2. The molecule has 0 aliphatic carbocycles. The van der Waals surface area contributed by atoms with E-state index in [1.165, 1.54) is 16.7 Å². The zero-order chi connectivity index (χ0) is 19.9. The Morgan fingerprint density at radius 2 is 1.82 bits per heavy atom. The molecule has 0 aliphatic rings. The van der Waals surface area contributed by atoms with Crippen LogP contribution in [0.15, 0.2) is 70.1 Å². The van der Waals surface area contributed by atoms with Crippen LogP contribution >= 0.6 is 11.8 Å². The van der Waals surface area contributed by atoms with Gasteiger partial charge in [0, 0.05) is 23.7 Å². The second-order valence-electron chi connectivity index (χ2n) is 6.08. The van der Waals surface area contributed by atoms with Gasteiger partial charge in [-0.25, -0.2) is 4.79 Å². The molecule has 0 N–H and O–H groups in total. The van der Waals surface area contributed by atoms with Crippen LogP contribution in [0.4, 0.5) is 5.69 Å². The fourth-order valence-electron chi connectivity index (χ4n) is 2.49. The molecule has 3 aromatic rings. The third-order valence-electron chi connectivity index (χ3n) is 4.00. The maximum Gasteiger partial charge on any atom is 0.339 e. The largest absolute Gasteiger partial charge is 0.452 e. The van der Waals surface area contributed by atoms with Gasteiger partial charge in [-0.1, -0.05) is 35.5 Å². The second-order valence-corrected chi connectivity index (χ2v) is 7.10. The molecule has 1 heterocycles. The summed E-state index contributed by atoms with van der Waals surface area (Å²) < 4.78 is 10.4. The first-order valence-corrected chi connectivity index (χ1v) is 9.66. The molecule has 0 radical (unpaired) electrons. The van der Waals surface area contributed by atoms with Crippen molar-refractivity contribution < 1.29 is 18.8 Å². The van der Waals surface area contributed by atoms with E-state index in [9.17, 15) is 9.59 Å². The van der Waals surface area contributed by atoms with Crippen molar-refractivity contribution in [2.45, 2.75) is 17.6 Å². The van der Waals surface area contributed by atoms with Crippen LogP contribution in [0.2, 0.25) is 0 Å². The third kappa shape index (κ3) is 5.01. The SMILES string of the molecule is Cc1cc(CSc2ccccc2C(=O)OCC(=O)N(C)c2ccccc2)on1. The number of nitrogens with zero attached hydrogens (tertiary/aromatic N) is 2. The van der Waals surface area contributed by atoms with Crippen LogP contribution in [0.1, 0.15) is 21.8 Å². The lowest BCUT2D eigenvalue weighted by Crippen LogP contribution is -2.31.